The topological polar surface area (TPSA) is 81.2 Å². The van der Waals surface area contributed by atoms with Gasteiger partial charge in [-0.15, -0.1) is 0 Å². The Morgan fingerprint density at radius 2 is 2.00 bits per heavy atom. The molecule has 4 aromatic rings. The summed E-state index contributed by atoms with van der Waals surface area (Å²) in [6.45, 7) is 2.12. The molecule has 124 valence electrons. The van der Waals surface area contributed by atoms with Crippen molar-refractivity contribution in [3.05, 3.63) is 71.8 Å². The van der Waals surface area contributed by atoms with Crippen LogP contribution in [0.1, 0.15) is 21.8 Å². The fourth-order valence-electron chi connectivity index (χ4n) is 2.72. The van der Waals surface area contributed by atoms with Crippen LogP contribution in [-0.2, 0) is 6.54 Å². The fraction of sp³-hybridized carbons (Fsp3) is 0.105. The van der Waals surface area contributed by atoms with Crippen LogP contribution in [0.3, 0.4) is 0 Å². The summed E-state index contributed by atoms with van der Waals surface area (Å²) in [5.74, 6) is 0.455. The average Bonchev–Trinajstić information content (AvgIpc) is 3.29. The van der Waals surface area contributed by atoms with Crippen LogP contribution < -0.4 is 5.32 Å². The molecule has 1 aromatic carbocycles. The Morgan fingerprint density at radius 3 is 2.76 bits per heavy atom. The van der Waals surface area contributed by atoms with Gasteiger partial charge >= 0.3 is 0 Å². The number of fused-ring (bicyclic) bond motifs is 1. The Bertz CT molecular complexity index is 1020. The SMILES string of the molecule is Cc1cc(C(=O)NCc2ccco2)c2c(-c3ccccc3)noc2n1. The van der Waals surface area contributed by atoms with E-state index in [1.165, 1.54) is 0 Å². The molecule has 0 saturated carbocycles. The second-order valence-corrected chi connectivity index (χ2v) is 5.65. The molecule has 1 amide bonds. The summed E-state index contributed by atoms with van der Waals surface area (Å²) >= 11 is 0. The Morgan fingerprint density at radius 1 is 1.16 bits per heavy atom. The van der Waals surface area contributed by atoms with Crippen molar-refractivity contribution in [1.82, 2.24) is 15.5 Å². The van der Waals surface area contributed by atoms with Crippen molar-refractivity contribution in [3.63, 3.8) is 0 Å². The van der Waals surface area contributed by atoms with Gasteiger partial charge in [-0.1, -0.05) is 35.5 Å². The van der Waals surface area contributed by atoms with Crippen LogP contribution in [-0.4, -0.2) is 16.0 Å². The van der Waals surface area contributed by atoms with Crippen LogP contribution in [0.4, 0.5) is 0 Å². The molecule has 0 radical (unpaired) electrons. The summed E-state index contributed by atoms with van der Waals surface area (Å²) in [6.07, 6.45) is 1.57. The van der Waals surface area contributed by atoms with E-state index in [2.05, 4.69) is 15.5 Å². The molecule has 0 saturated heterocycles. The van der Waals surface area contributed by atoms with E-state index in [-0.39, 0.29) is 5.91 Å². The van der Waals surface area contributed by atoms with Crippen molar-refractivity contribution < 1.29 is 13.7 Å². The third-order valence-electron chi connectivity index (χ3n) is 3.87. The molecular formula is C19H15N3O3. The molecule has 25 heavy (non-hydrogen) atoms. The number of nitrogens with zero attached hydrogens (tertiary/aromatic N) is 2. The fourth-order valence-corrected chi connectivity index (χ4v) is 2.72. The van der Waals surface area contributed by atoms with Crippen molar-refractivity contribution in [2.24, 2.45) is 0 Å². The highest BCUT2D eigenvalue weighted by Gasteiger charge is 2.20. The predicted octanol–water partition coefficient (Wildman–Crippen LogP) is 3.72. The maximum atomic E-state index is 12.7. The zero-order valence-electron chi connectivity index (χ0n) is 13.5. The molecule has 6 nitrogen and oxygen atoms in total. The molecule has 3 aromatic heterocycles. The first-order valence-corrected chi connectivity index (χ1v) is 7.85. The van der Waals surface area contributed by atoms with Gasteiger partial charge in [0.1, 0.15) is 11.5 Å². The molecular weight excluding hydrogens is 318 g/mol. The normalized spacial score (nSPS) is 10.9. The number of furan rings is 1. The van der Waals surface area contributed by atoms with Crippen molar-refractivity contribution in [2.45, 2.75) is 13.5 Å². The molecule has 0 aliphatic heterocycles. The minimum atomic E-state index is -0.229. The lowest BCUT2D eigenvalue weighted by Gasteiger charge is -2.06. The Balaban J connectivity index is 1.76. The van der Waals surface area contributed by atoms with Crippen molar-refractivity contribution in [3.8, 4) is 11.3 Å². The van der Waals surface area contributed by atoms with E-state index in [1.807, 2.05) is 43.3 Å². The minimum Gasteiger partial charge on any atom is -0.467 e. The molecule has 0 bridgehead atoms. The van der Waals surface area contributed by atoms with E-state index in [4.69, 9.17) is 8.94 Å². The quantitative estimate of drug-likeness (QED) is 0.615. The van der Waals surface area contributed by atoms with E-state index < -0.39 is 0 Å². The molecule has 0 aliphatic carbocycles. The molecule has 0 fully saturated rings. The van der Waals surface area contributed by atoms with Gasteiger partial charge < -0.3 is 14.3 Å². The number of nitrogens with one attached hydrogen (secondary N) is 1. The van der Waals surface area contributed by atoms with Gasteiger partial charge in [0.25, 0.3) is 11.6 Å². The van der Waals surface area contributed by atoms with Crippen LogP contribution in [0.2, 0.25) is 0 Å². The summed E-state index contributed by atoms with van der Waals surface area (Å²) < 4.78 is 10.6. The highest BCUT2D eigenvalue weighted by Crippen LogP contribution is 2.30. The number of benzene rings is 1. The molecule has 0 atom stereocenters. The molecule has 1 N–H and O–H groups in total. The molecule has 4 rings (SSSR count). The van der Waals surface area contributed by atoms with Gasteiger partial charge in [-0.2, -0.15) is 0 Å². The smallest absolute Gasteiger partial charge is 0.259 e. The predicted molar refractivity (Wildman–Crippen MR) is 91.9 cm³/mol. The van der Waals surface area contributed by atoms with Gasteiger partial charge in [-0.25, -0.2) is 4.98 Å². The number of aromatic nitrogens is 2. The number of hydrogen-bond acceptors (Lipinski definition) is 5. The molecule has 0 unspecified atom stereocenters. The number of carbonyl (C=O) groups is 1. The van der Waals surface area contributed by atoms with Crippen LogP contribution in [0.25, 0.3) is 22.4 Å². The van der Waals surface area contributed by atoms with Gasteiger partial charge in [0.05, 0.1) is 23.8 Å². The summed E-state index contributed by atoms with van der Waals surface area (Å²) in [5, 5.41) is 7.59. The lowest BCUT2D eigenvalue weighted by atomic mass is 10.0. The molecule has 3 heterocycles. The first-order valence-electron chi connectivity index (χ1n) is 7.85. The van der Waals surface area contributed by atoms with Crippen LogP contribution in [0.15, 0.2) is 63.7 Å². The van der Waals surface area contributed by atoms with E-state index in [1.54, 1.807) is 18.4 Å². The van der Waals surface area contributed by atoms with Gasteiger partial charge in [0.2, 0.25) is 0 Å². The number of rotatable bonds is 4. The van der Waals surface area contributed by atoms with E-state index in [9.17, 15) is 4.79 Å². The molecule has 0 spiro atoms. The standard InChI is InChI=1S/C19H15N3O3/c1-12-10-15(18(23)20-11-14-8-5-9-24-14)16-17(22-25-19(16)21-12)13-6-3-2-4-7-13/h2-10H,11H2,1H3,(H,20,23). The summed E-state index contributed by atoms with van der Waals surface area (Å²) in [6, 6.07) is 14.9. The second kappa shape index (κ2) is 6.24. The zero-order chi connectivity index (χ0) is 17.2. The number of carbonyl (C=O) groups excluding carboxylic acids is 1. The zero-order valence-corrected chi connectivity index (χ0v) is 13.5. The van der Waals surface area contributed by atoms with E-state index in [0.717, 1.165) is 5.56 Å². The second-order valence-electron chi connectivity index (χ2n) is 5.65. The summed E-state index contributed by atoms with van der Waals surface area (Å²) in [5.41, 5.74) is 2.99. The monoisotopic (exact) mass is 333 g/mol. The Hall–Kier alpha value is -3.41. The number of amides is 1. The van der Waals surface area contributed by atoms with E-state index in [0.29, 0.717) is 40.4 Å². The summed E-state index contributed by atoms with van der Waals surface area (Å²) in [4.78, 5) is 17.1. The van der Waals surface area contributed by atoms with Crippen LogP contribution >= 0.6 is 0 Å². The lowest BCUT2D eigenvalue weighted by molar-refractivity contribution is 0.0949. The minimum absolute atomic E-state index is 0.229. The number of hydrogen-bond donors (Lipinski definition) is 1. The average molecular weight is 333 g/mol. The van der Waals surface area contributed by atoms with E-state index >= 15 is 0 Å². The van der Waals surface area contributed by atoms with Crippen molar-refractivity contribution in [1.29, 1.82) is 0 Å². The Kier molecular flexibility index (Phi) is 3.78. The van der Waals surface area contributed by atoms with Gasteiger partial charge in [-0.3, -0.25) is 4.79 Å². The Labute approximate surface area is 143 Å². The molecule has 6 heteroatoms. The third-order valence-corrected chi connectivity index (χ3v) is 3.87. The number of pyridine rings is 1. The van der Waals surface area contributed by atoms with Gasteiger partial charge in [0.15, 0.2) is 0 Å². The third kappa shape index (κ3) is 2.89. The van der Waals surface area contributed by atoms with Crippen LogP contribution in [0, 0.1) is 6.92 Å². The van der Waals surface area contributed by atoms with Gasteiger partial charge in [-0.05, 0) is 25.1 Å². The lowest BCUT2D eigenvalue weighted by Crippen LogP contribution is -2.23. The van der Waals surface area contributed by atoms with Crippen LogP contribution in [0.5, 0.6) is 0 Å². The summed E-state index contributed by atoms with van der Waals surface area (Å²) in [7, 11) is 0. The first kappa shape index (κ1) is 15.1. The van der Waals surface area contributed by atoms with Crippen molar-refractivity contribution in [2.75, 3.05) is 0 Å². The largest absolute Gasteiger partial charge is 0.467 e. The first-order chi connectivity index (χ1) is 12.2. The maximum absolute atomic E-state index is 12.7. The molecule has 0 aliphatic rings. The maximum Gasteiger partial charge on any atom is 0.259 e. The highest BCUT2D eigenvalue weighted by molar-refractivity contribution is 6.09. The highest BCUT2D eigenvalue weighted by atomic mass is 16.5. The number of aryl methyl sites for hydroxylation is 1. The van der Waals surface area contributed by atoms with Crippen molar-refractivity contribution >= 4 is 17.0 Å². The van der Waals surface area contributed by atoms with Gasteiger partial charge in [0, 0.05) is 11.3 Å².